The molecular weight excluding hydrogens is 278 g/mol. The van der Waals surface area contributed by atoms with Gasteiger partial charge < -0.3 is 10.4 Å². The first-order valence-corrected chi connectivity index (χ1v) is 8.21. The number of hydrogen-bond acceptors (Lipinski definition) is 2. The van der Waals surface area contributed by atoms with E-state index in [2.05, 4.69) is 5.32 Å². The van der Waals surface area contributed by atoms with Crippen LogP contribution in [0, 0.1) is 11.8 Å². The number of carbonyl (C=O) groups is 2. The molecular formula is C18H25NO3. The number of hydrogen-bond donors (Lipinski definition) is 2. The summed E-state index contributed by atoms with van der Waals surface area (Å²) >= 11 is 0. The van der Waals surface area contributed by atoms with Crippen molar-refractivity contribution in [1.82, 2.24) is 5.32 Å². The molecule has 4 nitrogen and oxygen atoms in total. The molecule has 0 spiro atoms. The third-order valence-corrected chi connectivity index (χ3v) is 4.42. The Morgan fingerprint density at radius 3 is 2.32 bits per heavy atom. The Labute approximate surface area is 131 Å². The van der Waals surface area contributed by atoms with Gasteiger partial charge >= 0.3 is 5.97 Å². The molecule has 2 N–H and O–H groups in total. The van der Waals surface area contributed by atoms with Gasteiger partial charge in [0.1, 0.15) is 0 Å². The fourth-order valence-corrected chi connectivity index (χ4v) is 3.06. The number of amides is 1. The second-order valence-electron chi connectivity index (χ2n) is 6.16. The van der Waals surface area contributed by atoms with Gasteiger partial charge in [-0.05, 0) is 24.8 Å². The van der Waals surface area contributed by atoms with Gasteiger partial charge in [0.25, 0.3) is 0 Å². The van der Waals surface area contributed by atoms with E-state index < -0.39 is 11.9 Å². The fraction of sp³-hybridized carbons (Fsp3) is 0.556. The highest BCUT2D eigenvalue weighted by atomic mass is 16.4. The molecule has 1 aromatic rings. The quantitative estimate of drug-likeness (QED) is 0.794. The third kappa shape index (κ3) is 5.17. The van der Waals surface area contributed by atoms with E-state index in [1.54, 1.807) is 0 Å². The van der Waals surface area contributed by atoms with Crippen LogP contribution in [0.2, 0.25) is 0 Å². The minimum atomic E-state index is -0.856. The number of carbonyl (C=O) groups excluding carboxylic acids is 1. The molecule has 2 rings (SSSR count). The first-order valence-electron chi connectivity index (χ1n) is 8.21. The summed E-state index contributed by atoms with van der Waals surface area (Å²) in [6.45, 7) is 0.208. The highest BCUT2D eigenvalue weighted by Crippen LogP contribution is 2.23. The van der Waals surface area contributed by atoms with Crippen LogP contribution >= 0.6 is 0 Å². The number of nitrogens with one attached hydrogen (secondary N) is 1. The van der Waals surface area contributed by atoms with Crippen molar-refractivity contribution in [1.29, 1.82) is 0 Å². The standard InChI is InChI=1S/C18H25NO3/c20-17(15-10-6-1-2-7-11-15)19-13-16(18(21)22)12-14-8-4-3-5-9-14/h3-5,8-9,15-16H,1-2,6-7,10-13H2,(H,19,20)(H,21,22). The normalized spacial score (nSPS) is 17.5. The summed E-state index contributed by atoms with van der Waals surface area (Å²) in [6.07, 6.45) is 6.92. The van der Waals surface area contributed by atoms with Crippen molar-refractivity contribution in [3.8, 4) is 0 Å². The van der Waals surface area contributed by atoms with E-state index in [9.17, 15) is 14.7 Å². The first-order chi connectivity index (χ1) is 10.7. The molecule has 1 aromatic carbocycles. The van der Waals surface area contributed by atoms with Gasteiger partial charge in [-0.25, -0.2) is 0 Å². The lowest BCUT2D eigenvalue weighted by Gasteiger charge is -2.17. The molecule has 1 aliphatic carbocycles. The second-order valence-corrected chi connectivity index (χ2v) is 6.16. The summed E-state index contributed by atoms with van der Waals surface area (Å²) in [6, 6.07) is 9.55. The lowest BCUT2D eigenvalue weighted by molar-refractivity contribution is -0.141. The molecule has 1 saturated carbocycles. The second kappa shape index (κ2) is 8.57. The van der Waals surface area contributed by atoms with E-state index >= 15 is 0 Å². The van der Waals surface area contributed by atoms with Crippen molar-refractivity contribution in [2.45, 2.75) is 44.9 Å². The zero-order valence-electron chi connectivity index (χ0n) is 13.0. The SMILES string of the molecule is O=C(O)C(CNC(=O)C1CCCCCC1)Cc1ccccc1. The lowest BCUT2D eigenvalue weighted by Crippen LogP contribution is -2.37. The van der Waals surface area contributed by atoms with Crippen molar-refractivity contribution >= 4 is 11.9 Å². The molecule has 0 bridgehead atoms. The van der Waals surface area contributed by atoms with Crippen LogP contribution in [0.3, 0.4) is 0 Å². The average molecular weight is 303 g/mol. The molecule has 1 atom stereocenters. The molecule has 0 aliphatic heterocycles. The predicted molar refractivity (Wildman–Crippen MR) is 85.5 cm³/mol. The van der Waals surface area contributed by atoms with Crippen molar-refractivity contribution in [2.75, 3.05) is 6.54 Å². The van der Waals surface area contributed by atoms with Crippen molar-refractivity contribution in [2.24, 2.45) is 11.8 Å². The molecule has 1 amide bonds. The maximum atomic E-state index is 12.2. The minimum absolute atomic E-state index is 0.0289. The van der Waals surface area contributed by atoms with Gasteiger partial charge in [0, 0.05) is 12.5 Å². The van der Waals surface area contributed by atoms with E-state index in [0.29, 0.717) is 6.42 Å². The Morgan fingerprint density at radius 2 is 1.73 bits per heavy atom. The van der Waals surface area contributed by atoms with Crippen LogP contribution < -0.4 is 5.32 Å². The van der Waals surface area contributed by atoms with Crippen LogP contribution in [0.1, 0.15) is 44.1 Å². The zero-order chi connectivity index (χ0) is 15.8. The Kier molecular flexibility index (Phi) is 6.44. The average Bonchev–Trinajstić information content (AvgIpc) is 2.81. The van der Waals surface area contributed by atoms with Gasteiger partial charge in [0.05, 0.1) is 5.92 Å². The number of benzene rings is 1. The van der Waals surface area contributed by atoms with Crippen molar-refractivity contribution < 1.29 is 14.7 Å². The topological polar surface area (TPSA) is 66.4 Å². The zero-order valence-corrected chi connectivity index (χ0v) is 13.0. The molecule has 0 saturated heterocycles. The van der Waals surface area contributed by atoms with E-state index in [-0.39, 0.29) is 18.4 Å². The highest BCUT2D eigenvalue weighted by Gasteiger charge is 2.23. The molecule has 0 radical (unpaired) electrons. The van der Waals surface area contributed by atoms with Gasteiger partial charge in [-0.1, -0.05) is 56.0 Å². The van der Waals surface area contributed by atoms with Gasteiger partial charge in [-0.3, -0.25) is 9.59 Å². The molecule has 120 valence electrons. The minimum Gasteiger partial charge on any atom is -0.481 e. The molecule has 0 aromatic heterocycles. The fourth-order valence-electron chi connectivity index (χ4n) is 3.06. The largest absolute Gasteiger partial charge is 0.481 e. The molecule has 22 heavy (non-hydrogen) atoms. The summed E-state index contributed by atoms with van der Waals surface area (Å²) in [5.41, 5.74) is 0.985. The summed E-state index contributed by atoms with van der Waals surface area (Å²) in [4.78, 5) is 23.6. The van der Waals surface area contributed by atoms with Crippen LogP contribution in [-0.2, 0) is 16.0 Å². The molecule has 1 aliphatic rings. The maximum Gasteiger partial charge on any atom is 0.308 e. The number of rotatable bonds is 6. The van der Waals surface area contributed by atoms with Crippen LogP contribution in [0.15, 0.2) is 30.3 Å². The maximum absolute atomic E-state index is 12.2. The van der Waals surface area contributed by atoms with E-state index in [4.69, 9.17) is 0 Å². The Hall–Kier alpha value is -1.84. The summed E-state index contributed by atoms with van der Waals surface area (Å²) in [5, 5.41) is 12.2. The van der Waals surface area contributed by atoms with Gasteiger partial charge in [0.2, 0.25) is 5.91 Å². The van der Waals surface area contributed by atoms with Crippen LogP contribution in [-0.4, -0.2) is 23.5 Å². The number of carboxylic acid groups (broad SMARTS) is 1. The monoisotopic (exact) mass is 303 g/mol. The Morgan fingerprint density at radius 1 is 1.09 bits per heavy atom. The van der Waals surface area contributed by atoms with Gasteiger partial charge in [0.15, 0.2) is 0 Å². The molecule has 0 heterocycles. The lowest BCUT2D eigenvalue weighted by atomic mass is 9.97. The van der Waals surface area contributed by atoms with Crippen molar-refractivity contribution in [3.63, 3.8) is 0 Å². The van der Waals surface area contributed by atoms with Gasteiger partial charge in [-0.2, -0.15) is 0 Å². The first kappa shape index (κ1) is 16.5. The molecule has 1 fully saturated rings. The Balaban J connectivity index is 1.85. The van der Waals surface area contributed by atoms with Crippen LogP contribution in [0.5, 0.6) is 0 Å². The summed E-state index contributed by atoms with van der Waals surface area (Å²) in [5.74, 6) is -1.34. The molecule has 4 heteroatoms. The van der Waals surface area contributed by atoms with Crippen LogP contribution in [0.4, 0.5) is 0 Å². The highest BCUT2D eigenvalue weighted by molar-refractivity contribution is 5.79. The van der Waals surface area contributed by atoms with E-state index in [0.717, 1.165) is 31.2 Å². The van der Waals surface area contributed by atoms with E-state index in [1.807, 2.05) is 30.3 Å². The number of carboxylic acids is 1. The van der Waals surface area contributed by atoms with Crippen LogP contribution in [0.25, 0.3) is 0 Å². The smallest absolute Gasteiger partial charge is 0.308 e. The number of aliphatic carboxylic acids is 1. The molecule has 1 unspecified atom stereocenters. The summed E-state index contributed by atoms with van der Waals surface area (Å²) < 4.78 is 0. The predicted octanol–water partition coefficient (Wildman–Crippen LogP) is 3.02. The Bertz CT molecular complexity index is 478. The van der Waals surface area contributed by atoms with Gasteiger partial charge in [-0.15, -0.1) is 0 Å². The van der Waals surface area contributed by atoms with Crippen molar-refractivity contribution in [3.05, 3.63) is 35.9 Å². The van der Waals surface area contributed by atoms with E-state index in [1.165, 1.54) is 12.8 Å². The summed E-state index contributed by atoms with van der Waals surface area (Å²) in [7, 11) is 0. The third-order valence-electron chi connectivity index (χ3n) is 4.42.